The highest BCUT2D eigenvalue weighted by Crippen LogP contribution is 2.38. The number of nitrogens with two attached hydrogens (primary N) is 3. The normalized spacial score (nSPS) is 15.4. The second-order valence-electron chi connectivity index (χ2n) is 35.7. The molecule has 0 aromatic heterocycles. The molecule has 6 aliphatic heterocycles. The third-order valence-electron chi connectivity index (χ3n) is 26.9. The fourth-order valence-corrected chi connectivity index (χ4v) is 20.7. The number of hydrogen-bond donors (Lipinski definition) is 6. The summed E-state index contributed by atoms with van der Waals surface area (Å²) in [5.41, 5.74) is 28.4. The Kier molecular flexibility index (Phi) is 38.0. The predicted molar refractivity (Wildman–Crippen MR) is 552 cm³/mol. The number of nitrogens with zero attached hydrogens (tertiary/aromatic N) is 11. The van der Waals surface area contributed by atoms with E-state index >= 15 is 0 Å². The van der Waals surface area contributed by atoms with E-state index in [0.717, 1.165) is 237 Å². The molecule has 1 amide bonds. The zero-order chi connectivity index (χ0) is 99.5. The molecule has 9 N–H and O–H groups in total. The van der Waals surface area contributed by atoms with E-state index in [9.17, 15) is 56.9 Å². The lowest BCUT2D eigenvalue weighted by Crippen LogP contribution is -2.49. The molecule has 138 heavy (non-hydrogen) atoms. The summed E-state index contributed by atoms with van der Waals surface area (Å²) in [5, 5.41) is 55.0. The molecule has 724 valence electrons. The molecule has 6 aliphatic rings. The van der Waals surface area contributed by atoms with E-state index in [1.807, 2.05) is 176 Å². The summed E-state index contributed by atoms with van der Waals surface area (Å²) < 4.78 is 57.5. The number of primary sulfonamides is 2. The largest absolute Gasteiger partial charge is 0.478 e. The Labute approximate surface area is 822 Å². The standard InChI is InChI=1S/C32H37N5O3S.C22H25N3O2.C22H24N2O2.C12H15N3.C10H11BrO2.C10H15N3O2S/c1-23-11-12-27(32(38)37-19-17-36(18-20-37)30-9-5-6-10-31(30)41(34,39)40)24(2)28(23)21-25-13-15-35(16-14-25)29-8-4-3-7-26(29)22-33;1-15-8-9-19(22(26)27-3)16(2)21(15)24-18-10-12-25(13-11-18)20-7-5-4-6-17(20)14-23;1-15-7-8-19(22(25)26)16(2)20(15)13-17-9-11-24(12-10-17)21-6-4-3-5-18(21)14-23;1-14-11-4-2-3-5-12(11)15-8-6-10(13)7-9-15;1-6-4-5-8(10(12)13-3)7(2)9(6)11;11-16(14,15)10-4-2-1-3-9(10)13-7-5-12-6-8-13/h3-12,25H,13-21H2,1-2H3,(H2,34,39,40);4-9,18,24H,10-13H2,1-3H3;3-8,17H,9-13H2,1-2H3,(H,25,26);2-5,10H,6-9,13H2;4-5H,1-3H3;1-4,12H,5-8H2,(H2,11,14,15). The lowest BCUT2D eigenvalue weighted by Gasteiger charge is -2.37. The molecule has 0 unspecified atom stereocenters. The number of benzene rings is 10. The van der Waals surface area contributed by atoms with Crippen molar-refractivity contribution in [3.63, 3.8) is 0 Å². The maximum Gasteiger partial charge on any atom is 0.338 e. The number of piperazine rings is 2. The quantitative estimate of drug-likeness (QED) is 0.0343. The van der Waals surface area contributed by atoms with Gasteiger partial charge in [-0.2, -0.15) is 15.8 Å². The first-order chi connectivity index (χ1) is 66.2. The minimum atomic E-state index is -3.84. The van der Waals surface area contributed by atoms with Gasteiger partial charge < -0.3 is 65.2 Å². The zero-order valence-corrected chi connectivity index (χ0v) is 83.8. The van der Waals surface area contributed by atoms with Gasteiger partial charge in [0, 0.05) is 138 Å². The summed E-state index contributed by atoms with van der Waals surface area (Å²) in [5.74, 6) is -0.373. The van der Waals surface area contributed by atoms with Crippen LogP contribution < -0.4 is 56.0 Å². The minimum absolute atomic E-state index is 0.0195. The average Bonchev–Trinajstić information content (AvgIpc) is 1.01. The van der Waals surface area contributed by atoms with Crippen LogP contribution in [-0.2, 0) is 42.4 Å². The lowest BCUT2D eigenvalue weighted by atomic mass is 9.85. The van der Waals surface area contributed by atoms with Crippen molar-refractivity contribution in [1.82, 2.24) is 10.2 Å². The molecule has 0 atom stereocenters. The summed E-state index contributed by atoms with van der Waals surface area (Å²) in [4.78, 5) is 67.2. The van der Waals surface area contributed by atoms with Crippen LogP contribution in [0.5, 0.6) is 0 Å². The zero-order valence-electron chi connectivity index (χ0n) is 80.5. The monoisotopic (exact) mass is 1970 g/mol. The van der Waals surface area contributed by atoms with Crippen molar-refractivity contribution in [3.8, 4) is 18.2 Å². The van der Waals surface area contributed by atoms with Gasteiger partial charge in [0.2, 0.25) is 25.7 Å². The van der Waals surface area contributed by atoms with E-state index in [2.05, 4.69) is 108 Å². The highest BCUT2D eigenvalue weighted by Gasteiger charge is 2.32. The molecule has 10 aromatic carbocycles. The Morgan fingerprint density at radius 1 is 0.435 bits per heavy atom. The fraction of sp³-hybridized carbons (Fsp3) is 0.370. The van der Waals surface area contributed by atoms with Crippen LogP contribution in [0.2, 0.25) is 0 Å². The number of aryl methyl sites for hydroxylation is 4. The SMILES string of the molecule is COC(=O)c1ccc(C)c(Br)c1C.COC(=O)c1ccc(C)c(NC2CCN(c3ccccc3C#N)CC2)c1C.Cc1ccc(C(=O)N2CCN(c3ccccc3S(N)(=O)=O)CC2)c(C)c1CC1CCN(c2ccccc2C#N)CC1.Cc1ccc(C(=O)O)c(C)c1CC1CCN(c2ccccc2C#N)CC1.NS(=O)(=O)c1ccccc1N1CCNCC1.[C-]#[N+]c1ccccc1N1CCC(N)CC1. The topological polar surface area (TPSA) is 376 Å². The highest BCUT2D eigenvalue weighted by molar-refractivity contribution is 9.10. The number of carboxylic acid groups (broad SMARTS) is 1. The number of ether oxygens (including phenoxy) is 2. The molecule has 0 bridgehead atoms. The highest BCUT2D eigenvalue weighted by atomic mass is 79.9. The van der Waals surface area contributed by atoms with Gasteiger partial charge in [-0.25, -0.2) is 46.3 Å². The van der Waals surface area contributed by atoms with Crippen LogP contribution in [0, 0.1) is 108 Å². The van der Waals surface area contributed by atoms with Crippen molar-refractivity contribution in [2.75, 3.05) is 154 Å². The van der Waals surface area contributed by atoms with E-state index in [0.29, 0.717) is 78.2 Å². The van der Waals surface area contributed by atoms with Gasteiger partial charge in [-0.1, -0.05) is 119 Å². The Bertz CT molecular complexity index is 6380. The molecular weight excluding hydrogens is 1840 g/mol. The summed E-state index contributed by atoms with van der Waals surface area (Å²) in [6, 6.07) is 67.3. The van der Waals surface area contributed by atoms with Crippen molar-refractivity contribution >= 4 is 105 Å². The van der Waals surface area contributed by atoms with Gasteiger partial charge in [0.25, 0.3) is 5.91 Å². The number of carbonyl (C=O) groups excluding carboxylic acids is 3. The van der Waals surface area contributed by atoms with Crippen molar-refractivity contribution in [3.05, 3.63) is 305 Å². The number of piperidine rings is 4. The maximum atomic E-state index is 13.7. The van der Waals surface area contributed by atoms with Gasteiger partial charge >= 0.3 is 17.9 Å². The Balaban J connectivity index is 0.000000166. The first kappa shape index (κ1) is 105. The number of carbonyl (C=O) groups is 4. The second-order valence-corrected chi connectivity index (χ2v) is 39.5. The van der Waals surface area contributed by atoms with E-state index in [1.54, 1.807) is 48.5 Å². The Hall–Kier alpha value is -13.1. The van der Waals surface area contributed by atoms with Gasteiger partial charge in [-0.3, -0.25) is 4.79 Å². The van der Waals surface area contributed by atoms with Gasteiger partial charge in [-0.15, -0.1) is 0 Å². The molecule has 6 fully saturated rings. The summed E-state index contributed by atoms with van der Waals surface area (Å²) in [7, 11) is -4.69. The number of halogens is 1. The average molecular weight is 1970 g/mol. The van der Waals surface area contributed by atoms with Crippen LogP contribution in [0.3, 0.4) is 0 Å². The number of anilines is 7. The van der Waals surface area contributed by atoms with Crippen molar-refractivity contribution < 1.29 is 50.6 Å². The molecule has 0 spiro atoms. The molecular formula is C108H127BrN16O11S2. The number of carboxylic acids is 1. The predicted octanol–water partition coefficient (Wildman–Crippen LogP) is 17.4. The number of nitriles is 3. The van der Waals surface area contributed by atoms with Crippen molar-refractivity contribution in [2.45, 2.75) is 141 Å². The number of hydrogen-bond acceptors (Lipinski definition) is 22. The number of sulfonamides is 2. The van der Waals surface area contributed by atoms with Crippen LogP contribution in [0.25, 0.3) is 4.85 Å². The molecule has 30 heteroatoms. The van der Waals surface area contributed by atoms with Gasteiger partial charge in [-0.05, 0) is 278 Å². The molecule has 0 radical (unpaired) electrons. The van der Waals surface area contributed by atoms with Crippen LogP contribution in [0.1, 0.15) is 165 Å². The molecule has 27 nitrogen and oxygen atoms in total. The number of rotatable bonds is 18. The molecule has 6 heterocycles. The number of esters is 2. The lowest BCUT2D eigenvalue weighted by molar-refractivity contribution is 0.0591. The van der Waals surface area contributed by atoms with E-state index in [1.165, 1.54) is 42.5 Å². The van der Waals surface area contributed by atoms with Crippen LogP contribution in [0.15, 0.2) is 208 Å². The third-order valence-corrected chi connectivity index (χ3v) is 30.1. The van der Waals surface area contributed by atoms with Crippen molar-refractivity contribution in [1.29, 1.82) is 15.8 Å². The van der Waals surface area contributed by atoms with Crippen molar-refractivity contribution in [2.24, 2.45) is 27.8 Å². The number of para-hydroxylation sites is 7. The number of aromatic carboxylic acids is 1. The third kappa shape index (κ3) is 27.2. The summed E-state index contributed by atoms with van der Waals surface area (Å²) >= 11 is 3.42. The Morgan fingerprint density at radius 3 is 1.21 bits per heavy atom. The number of methoxy groups -OCH3 is 2. The van der Waals surface area contributed by atoms with Crippen LogP contribution in [-0.4, -0.2) is 182 Å². The van der Waals surface area contributed by atoms with Gasteiger partial charge in [0.1, 0.15) is 28.0 Å². The van der Waals surface area contributed by atoms with E-state index in [4.69, 9.17) is 27.3 Å². The first-order valence-electron chi connectivity index (χ1n) is 46.8. The van der Waals surface area contributed by atoms with E-state index < -0.39 is 26.0 Å². The van der Waals surface area contributed by atoms with Crippen LogP contribution in [0.4, 0.5) is 45.5 Å². The fourth-order valence-electron chi connectivity index (χ4n) is 18.9. The second kappa shape index (κ2) is 49.7. The summed E-state index contributed by atoms with van der Waals surface area (Å²) in [6.45, 7) is 36.0. The molecule has 0 saturated carbocycles. The molecule has 0 aliphatic carbocycles. The summed E-state index contributed by atoms with van der Waals surface area (Å²) in [6.07, 6.45) is 10.0. The molecule has 6 saturated heterocycles. The van der Waals surface area contributed by atoms with E-state index in [-0.39, 0.29) is 27.6 Å². The Morgan fingerprint density at radius 2 is 0.783 bits per heavy atom. The first-order valence-corrected chi connectivity index (χ1v) is 50.7. The maximum absolute atomic E-state index is 13.7. The van der Waals surface area contributed by atoms with Gasteiger partial charge in [0.15, 0.2) is 0 Å². The number of nitrogens with one attached hydrogen (secondary N) is 2. The number of amides is 1. The molecule has 16 rings (SSSR count). The minimum Gasteiger partial charge on any atom is -0.478 e. The van der Waals surface area contributed by atoms with Crippen LogP contribution >= 0.6 is 15.9 Å². The smallest absolute Gasteiger partial charge is 0.338 e. The molecule has 10 aromatic rings. The van der Waals surface area contributed by atoms with Gasteiger partial charge in [0.05, 0.1) is 82.6 Å².